The van der Waals surface area contributed by atoms with E-state index in [2.05, 4.69) is 30.8 Å². The van der Waals surface area contributed by atoms with E-state index in [-0.39, 0.29) is 0 Å². The van der Waals surface area contributed by atoms with Crippen molar-refractivity contribution in [2.75, 3.05) is 13.1 Å². The zero-order valence-corrected chi connectivity index (χ0v) is 10.7. The number of likely N-dealkylation sites (N-methyl/N-ethyl adjacent to an activating group) is 1. The highest BCUT2D eigenvalue weighted by Gasteiger charge is 2.28. The van der Waals surface area contributed by atoms with Gasteiger partial charge in [-0.05, 0) is 37.6 Å². The summed E-state index contributed by atoms with van der Waals surface area (Å²) in [6.45, 7) is 8.34. The molecule has 1 aliphatic carbocycles. The van der Waals surface area contributed by atoms with Crippen LogP contribution in [0.4, 0.5) is 0 Å². The quantitative estimate of drug-likeness (QED) is 0.333. The number of rotatable bonds is 4. The zero-order chi connectivity index (χ0) is 12.1. The Morgan fingerprint density at radius 2 is 2.06 bits per heavy atom. The molecule has 0 aromatic heterocycles. The summed E-state index contributed by atoms with van der Waals surface area (Å²) in [6.07, 6.45) is 3.75. The number of oxime groups is 1. The minimum absolute atomic E-state index is 0.313. The van der Waals surface area contributed by atoms with Crippen LogP contribution in [0.25, 0.3) is 0 Å². The number of hydrogen-bond donors (Lipinski definition) is 2. The third kappa shape index (κ3) is 3.37. The molecule has 1 fully saturated rings. The molecular formula is C12H25N3O. The van der Waals surface area contributed by atoms with Crippen LogP contribution in [0, 0.1) is 11.8 Å². The monoisotopic (exact) mass is 227 g/mol. The molecule has 4 heteroatoms. The van der Waals surface area contributed by atoms with Gasteiger partial charge >= 0.3 is 0 Å². The molecule has 0 bridgehead atoms. The Morgan fingerprint density at radius 3 is 2.56 bits per heavy atom. The largest absolute Gasteiger partial charge is 0.409 e. The summed E-state index contributed by atoms with van der Waals surface area (Å²) in [5.41, 5.74) is 5.58. The van der Waals surface area contributed by atoms with E-state index in [1.54, 1.807) is 0 Å². The first kappa shape index (κ1) is 13.3. The van der Waals surface area contributed by atoms with Crippen molar-refractivity contribution in [2.45, 2.75) is 46.1 Å². The standard InChI is InChI=1S/C12H25N3O/c1-4-15(8-12(13)14-16)11-6-5-9(2)10(3)7-11/h9-11,16H,4-8H2,1-3H3,(H2,13,14). The molecule has 3 unspecified atom stereocenters. The average molecular weight is 227 g/mol. The lowest BCUT2D eigenvalue weighted by Gasteiger charge is -2.38. The van der Waals surface area contributed by atoms with Gasteiger partial charge in [0.25, 0.3) is 0 Å². The molecule has 0 saturated heterocycles. The van der Waals surface area contributed by atoms with E-state index >= 15 is 0 Å². The number of amidine groups is 1. The van der Waals surface area contributed by atoms with Gasteiger partial charge in [0.15, 0.2) is 5.84 Å². The SMILES string of the molecule is CCN(CC(N)=NO)C1CCC(C)C(C)C1. The third-order valence-corrected chi connectivity index (χ3v) is 3.99. The number of nitrogens with two attached hydrogens (primary N) is 1. The first-order chi connectivity index (χ1) is 7.58. The minimum atomic E-state index is 0.313. The topological polar surface area (TPSA) is 61.8 Å². The molecule has 3 N–H and O–H groups in total. The molecular weight excluding hydrogens is 202 g/mol. The van der Waals surface area contributed by atoms with Gasteiger partial charge in [-0.15, -0.1) is 0 Å². The van der Waals surface area contributed by atoms with E-state index in [0.29, 0.717) is 18.4 Å². The lowest BCUT2D eigenvalue weighted by Crippen LogP contribution is -2.44. The number of nitrogens with zero attached hydrogens (tertiary/aromatic N) is 2. The van der Waals surface area contributed by atoms with Crippen LogP contribution in [-0.2, 0) is 0 Å². The van der Waals surface area contributed by atoms with Crippen molar-refractivity contribution >= 4 is 5.84 Å². The van der Waals surface area contributed by atoms with Gasteiger partial charge in [-0.3, -0.25) is 4.90 Å². The fraction of sp³-hybridized carbons (Fsp3) is 0.917. The van der Waals surface area contributed by atoms with Crippen LogP contribution in [0.5, 0.6) is 0 Å². The first-order valence-corrected chi connectivity index (χ1v) is 6.28. The average Bonchev–Trinajstić information content (AvgIpc) is 2.29. The molecule has 0 aliphatic heterocycles. The normalized spacial score (nSPS) is 32.0. The minimum Gasteiger partial charge on any atom is -0.409 e. The van der Waals surface area contributed by atoms with Crippen LogP contribution in [0.1, 0.15) is 40.0 Å². The maximum absolute atomic E-state index is 8.61. The lowest BCUT2D eigenvalue weighted by molar-refractivity contribution is 0.126. The van der Waals surface area contributed by atoms with Crippen LogP contribution >= 0.6 is 0 Å². The third-order valence-electron chi connectivity index (χ3n) is 3.99. The second-order valence-electron chi connectivity index (χ2n) is 5.08. The predicted molar refractivity (Wildman–Crippen MR) is 66.6 cm³/mol. The molecule has 94 valence electrons. The summed E-state index contributed by atoms with van der Waals surface area (Å²) in [5.74, 6) is 1.92. The Balaban J connectivity index is 2.53. The fourth-order valence-electron chi connectivity index (χ4n) is 2.59. The molecule has 16 heavy (non-hydrogen) atoms. The van der Waals surface area contributed by atoms with Gasteiger partial charge in [0.1, 0.15) is 0 Å². The summed E-state index contributed by atoms with van der Waals surface area (Å²) in [4.78, 5) is 2.32. The van der Waals surface area contributed by atoms with Gasteiger partial charge in [0.2, 0.25) is 0 Å². The van der Waals surface area contributed by atoms with E-state index in [4.69, 9.17) is 10.9 Å². The second kappa shape index (κ2) is 6.09. The molecule has 0 heterocycles. The van der Waals surface area contributed by atoms with E-state index in [1.165, 1.54) is 19.3 Å². The van der Waals surface area contributed by atoms with Crippen molar-refractivity contribution in [1.29, 1.82) is 0 Å². The molecule has 0 aromatic rings. The van der Waals surface area contributed by atoms with Crippen LogP contribution in [0.2, 0.25) is 0 Å². The molecule has 0 amide bonds. The highest BCUT2D eigenvalue weighted by molar-refractivity contribution is 5.81. The fourth-order valence-corrected chi connectivity index (χ4v) is 2.59. The summed E-state index contributed by atoms with van der Waals surface area (Å²) in [5, 5.41) is 11.7. The molecule has 1 rings (SSSR count). The maximum Gasteiger partial charge on any atom is 0.153 e. The van der Waals surface area contributed by atoms with E-state index in [0.717, 1.165) is 18.4 Å². The van der Waals surface area contributed by atoms with Crippen molar-refractivity contribution in [1.82, 2.24) is 4.90 Å². The predicted octanol–water partition coefficient (Wildman–Crippen LogP) is 1.88. The maximum atomic E-state index is 8.61. The molecule has 4 nitrogen and oxygen atoms in total. The Bertz CT molecular complexity index is 242. The highest BCUT2D eigenvalue weighted by Crippen LogP contribution is 2.31. The van der Waals surface area contributed by atoms with E-state index in [9.17, 15) is 0 Å². The lowest BCUT2D eigenvalue weighted by atomic mass is 9.78. The molecule has 0 radical (unpaired) electrons. The van der Waals surface area contributed by atoms with Crippen molar-refractivity contribution in [2.24, 2.45) is 22.7 Å². The van der Waals surface area contributed by atoms with Crippen molar-refractivity contribution < 1.29 is 5.21 Å². The second-order valence-corrected chi connectivity index (χ2v) is 5.08. The molecule has 0 aromatic carbocycles. The summed E-state index contributed by atoms with van der Waals surface area (Å²) >= 11 is 0. The molecule has 1 aliphatic rings. The smallest absolute Gasteiger partial charge is 0.153 e. The Hall–Kier alpha value is -0.770. The van der Waals surface area contributed by atoms with Gasteiger partial charge in [0.05, 0.1) is 6.54 Å². The first-order valence-electron chi connectivity index (χ1n) is 6.28. The molecule has 1 saturated carbocycles. The van der Waals surface area contributed by atoms with Crippen molar-refractivity contribution in [3.05, 3.63) is 0 Å². The van der Waals surface area contributed by atoms with Gasteiger partial charge in [-0.1, -0.05) is 25.9 Å². The van der Waals surface area contributed by atoms with Crippen LogP contribution < -0.4 is 5.73 Å². The Morgan fingerprint density at radius 1 is 1.38 bits per heavy atom. The van der Waals surface area contributed by atoms with E-state index in [1.807, 2.05) is 0 Å². The number of hydrogen-bond acceptors (Lipinski definition) is 3. The van der Waals surface area contributed by atoms with E-state index < -0.39 is 0 Å². The molecule has 0 spiro atoms. The highest BCUT2D eigenvalue weighted by atomic mass is 16.4. The van der Waals surface area contributed by atoms with Gasteiger partial charge in [-0.2, -0.15) is 0 Å². The van der Waals surface area contributed by atoms with Gasteiger partial charge < -0.3 is 10.9 Å². The summed E-state index contributed by atoms with van der Waals surface area (Å²) < 4.78 is 0. The molecule has 3 atom stereocenters. The summed E-state index contributed by atoms with van der Waals surface area (Å²) in [7, 11) is 0. The van der Waals surface area contributed by atoms with Gasteiger partial charge in [-0.25, -0.2) is 0 Å². The van der Waals surface area contributed by atoms with Crippen molar-refractivity contribution in [3.8, 4) is 0 Å². The van der Waals surface area contributed by atoms with Crippen LogP contribution in [0.3, 0.4) is 0 Å². The Labute approximate surface area is 98.5 Å². The van der Waals surface area contributed by atoms with Crippen LogP contribution in [-0.4, -0.2) is 35.1 Å². The Kier molecular flexibility index (Phi) is 5.06. The van der Waals surface area contributed by atoms with Crippen LogP contribution in [0.15, 0.2) is 5.16 Å². The van der Waals surface area contributed by atoms with Crippen molar-refractivity contribution in [3.63, 3.8) is 0 Å². The zero-order valence-electron chi connectivity index (χ0n) is 10.7. The summed E-state index contributed by atoms with van der Waals surface area (Å²) in [6, 6.07) is 0.594. The van der Waals surface area contributed by atoms with Gasteiger partial charge in [0, 0.05) is 6.04 Å².